The van der Waals surface area contributed by atoms with Crippen LogP contribution in [0, 0.1) is 11.8 Å². The van der Waals surface area contributed by atoms with Gasteiger partial charge in [-0.2, -0.15) is 0 Å². The van der Waals surface area contributed by atoms with Crippen molar-refractivity contribution in [1.82, 2.24) is 20.5 Å². The summed E-state index contributed by atoms with van der Waals surface area (Å²) >= 11 is 0. The number of likely N-dealkylation sites (N-methyl/N-ethyl adjacent to an activating group) is 1. The normalized spacial score (nSPS) is 31.2. The molecule has 0 unspecified atom stereocenters. The van der Waals surface area contributed by atoms with Crippen LogP contribution >= 0.6 is 0 Å². The lowest BCUT2D eigenvalue weighted by Crippen LogP contribution is -2.44. The molecule has 1 saturated heterocycles. The van der Waals surface area contributed by atoms with E-state index in [1.165, 1.54) is 17.2 Å². The largest absolute Gasteiger partial charge is 0.460 e. The first-order valence-electron chi connectivity index (χ1n) is 13.7. The van der Waals surface area contributed by atoms with Gasteiger partial charge in [-0.05, 0) is 45.2 Å². The minimum absolute atomic E-state index is 0.00274. The molecule has 10 nitrogen and oxygen atoms in total. The molecule has 2 aliphatic rings. The Kier molecular flexibility index (Phi) is 11.1. The molecular weight excluding hydrogens is 500 g/mol. The minimum Gasteiger partial charge on any atom is -0.460 e. The van der Waals surface area contributed by atoms with Crippen molar-refractivity contribution >= 4 is 17.8 Å². The first kappa shape index (κ1) is 30.3. The van der Waals surface area contributed by atoms with Crippen LogP contribution in [0.4, 0.5) is 0 Å². The van der Waals surface area contributed by atoms with Crippen molar-refractivity contribution in [3.05, 3.63) is 53.8 Å². The average Bonchev–Trinajstić information content (AvgIpc) is 3.57. The number of cyclic esters (lactones) is 1. The number of hydrogen-bond donors (Lipinski definition) is 3. The molecule has 0 aromatic carbocycles. The summed E-state index contributed by atoms with van der Waals surface area (Å²) in [6.45, 7) is 8.45. The van der Waals surface area contributed by atoms with Crippen LogP contribution in [0.5, 0.6) is 0 Å². The van der Waals surface area contributed by atoms with Crippen molar-refractivity contribution in [2.45, 2.75) is 77.7 Å². The van der Waals surface area contributed by atoms with E-state index in [0.29, 0.717) is 44.7 Å². The van der Waals surface area contributed by atoms with E-state index in [0.717, 1.165) is 5.57 Å². The predicted octanol–water partition coefficient (Wildman–Crippen LogP) is 2.55. The zero-order chi connectivity index (χ0) is 28.5. The maximum atomic E-state index is 13.3. The van der Waals surface area contributed by atoms with E-state index in [1.807, 2.05) is 39.8 Å². The predicted molar refractivity (Wildman–Crippen MR) is 147 cm³/mol. The maximum absolute atomic E-state index is 13.3. The van der Waals surface area contributed by atoms with Crippen molar-refractivity contribution in [1.29, 1.82) is 0 Å². The summed E-state index contributed by atoms with van der Waals surface area (Å²) in [5.41, 5.74) is 1.00. The topological polar surface area (TPSA) is 134 Å². The third kappa shape index (κ3) is 8.63. The van der Waals surface area contributed by atoms with Crippen LogP contribution in [0.15, 0.2) is 46.6 Å². The van der Waals surface area contributed by atoms with Crippen molar-refractivity contribution in [2.24, 2.45) is 11.8 Å². The number of oxazole rings is 1. The molecular formula is C29H42N4O6. The molecule has 39 heavy (non-hydrogen) atoms. The van der Waals surface area contributed by atoms with Crippen LogP contribution in [0.1, 0.15) is 63.3 Å². The molecule has 10 heteroatoms. The molecule has 2 bridgehead atoms. The molecule has 0 spiro atoms. The van der Waals surface area contributed by atoms with E-state index in [1.54, 1.807) is 19.2 Å². The molecule has 5 atom stereocenters. The van der Waals surface area contributed by atoms with Crippen LogP contribution in [0.2, 0.25) is 0 Å². The monoisotopic (exact) mass is 542 g/mol. The number of ether oxygens (including phenoxy) is 1. The Morgan fingerprint density at radius 1 is 1.23 bits per heavy atom. The second-order valence-corrected chi connectivity index (χ2v) is 10.7. The molecule has 2 aliphatic heterocycles. The quantitative estimate of drug-likeness (QED) is 0.486. The number of aliphatic hydroxyl groups is 1. The number of hydrogen-bond acceptors (Lipinski definition) is 8. The van der Waals surface area contributed by atoms with E-state index < -0.39 is 24.2 Å². The summed E-state index contributed by atoms with van der Waals surface area (Å²) in [6.07, 6.45) is 10.7. The van der Waals surface area contributed by atoms with E-state index >= 15 is 0 Å². The number of carbonyl (C=O) groups excluding carboxylic acids is 3. The van der Waals surface area contributed by atoms with Gasteiger partial charge < -0.3 is 29.8 Å². The number of esters is 1. The number of aliphatic hydroxyl groups excluding tert-OH is 1. The third-order valence-electron chi connectivity index (χ3n) is 7.12. The van der Waals surface area contributed by atoms with Crippen molar-refractivity contribution in [3.63, 3.8) is 0 Å². The van der Waals surface area contributed by atoms with Gasteiger partial charge in [0.25, 0.3) is 5.91 Å². The molecule has 3 rings (SSSR count). The molecule has 3 N–H and O–H groups in total. The second kappa shape index (κ2) is 14.2. The highest BCUT2D eigenvalue weighted by molar-refractivity contribution is 5.95. The SMILES string of the molecule is CN[C@@H]1Cc2nc(co2)C(=O)N2CCC[C@@H]2C(=O)O[C@H](C(C)C)[C@H](C)/C=C/C(=O)NC/C=C/C(C)=C/[C@@H](O)C1. The number of nitrogens with one attached hydrogen (secondary N) is 2. The zero-order valence-electron chi connectivity index (χ0n) is 23.6. The van der Waals surface area contributed by atoms with Gasteiger partial charge in [0.2, 0.25) is 5.91 Å². The summed E-state index contributed by atoms with van der Waals surface area (Å²) in [5, 5.41) is 16.5. The van der Waals surface area contributed by atoms with Gasteiger partial charge in [0.15, 0.2) is 11.6 Å². The van der Waals surface area contributed by atoms with Crippen LogP contribution in [-0.2, 0) is 20.7 Å². The Labute approximate surface area is 230 Å². The van der Waals surface area contributed by atoms with Crippen LogP contribution in [-0.4, -0.2) is 77.2 Å². The molecule has 0 saturated carbocycles. The highest BCUT2D eigenvalue weighted by Gasteiger charge is 2.38. The number of nitrogens with zero attached hydrogens (tertiary/aromatic N) is 2. The lowest BCUT2D eigenvalue weighted by atomic mass is 9.94. The van der Waals surface area contributed by atoms with Crippen LogP contribution in [0.3, 0.4) is 0 Å². The van der Waals surface area contributed by atoms with Crippen LogP contribution < -0.4 is 10.6 Å². The summed E-state index contributed by atoms with van der Waals surface area (Å²) < 4.78 is 11.5. The Morgan fingerprint density at radius 3 is 2.72 bits per heavy atom. The highest BCUT2D eigenvalue weighted by atomic mass is 16.5. The summed E-state index contributed by atoms with van der Waals surface area (Å²) in [4.78, 5) is 44.8. The van der Waals surface area contributed by atoms with Crippen molar-refractivity contribution in [3.8, 4) is 0 Å². The molecule has 1 aromatic rings. The molecule has 1 fully saturated rings. The van der Waals surface area contributed by atoms with E-state index in [-0.39, 0.29) is 35.4 Å². The van der Waals surface area contributed by atoms with Gasteiger partial charge in [-0.15, -0.1) is 0 Å². The van der Waals surface area contributed by atoms with Crippen molar-refractivity contribution < 1.29 is 28.6 Å². The number of allylic oxidation sites excluding steroid dienone is 2. The lowest BCUT2D eigenvalue weighted by molar-refractivity contribution is -0.158. The fourth-order valence-electron chi connectivity index (χ4n) is 5.01. The molecule has 0 radical (unpaired) electrons. The Hall–Kier alpha value is -3.24. The third-order valence-corrected chi connectivity index (χ3v) is 7.12. The Morgan fingerprint density at radius 2 is 2.00 bits per heavy atom. The second-order valence-electron chi connectivity index (χ2n) is 10.7. The summed E-state index contributed by atoms with van der Waals surface area (Å²) in [5.74, 6) is -0.922. The van der Waals surface area contributed by atoms with Crippen molar-refractivity contribution in [2.75, 3.05) is 20.1 Å². The molecule has 0 aliphatic carbocycles. The fourth-order valence-corrected chi connectivity index (χ4v) is 5.01. The number of amides is 2. The maximum Gasteiger partial charge on any atom is 0.329 e. The number of aromatic nitrogens is 1. The first-order valence-corrected chi connectivity index (χ1v) is 13.7. The molecule has 1 aromatic heterocycles. The van der Waals surface area contributed by atoms with Gasteiger partial charge in [-0.25, -0.2) is 9.78 Å². The Bertz CT molecular complexity index is 1090. The van der Waals surface area contributed by atoms with Gasteiger partial charge in [0, 0.05) is 31.5 Å². The smallest absolute Gasteiger partial charge is 0.329 e. The molecule has 214 valence electrons. The van der Waals surface area contributed by atoms with Gasteiger partial charge in [-0.3, -0.25) is 9.59 Å². The fraction of sp³-hybridized carbons (Fsp3) is 0.586. The van der Waals surface area contributed by atoms with Gasteiger partial charge >= 0.3 is 5.97 Å². The van der Waals surface area contributed by atoms with E-state index in [2.05, 4.69) is 15.6 Å². The van der Waals surface area contributed by atoms with Gasteiger partial charge in [0.1, 0.15) is 18.4 Å². The highest BCUT2D eigenvalue weighted by Crippen LogP contribution is 2.25. The van der Waals surface area contributed by atoms with E-state index in [4.69, 9.17) is 9.15 Å². The summed E-state index contributed by atoms with van der Waals surface area (Å²) in [7, 11) is 1.79. The van der Waals surface area contributed by atoms with Crippen LogP contribution in [0.25, 0.3) is 0 Å². The average molecular weight is 543 g/mol. The first-order chi connectivity index (χ1) is 18.6. The van der Waals surface area contributed by atoms with Gasteiger partial charge in [0.05, 0.1) is 6.10 Å². The standard InChI is InChI=1S/C29H42N4O6/c1-18(2)27-20(4)10-11-25(35)31-12-6-8-19(3)14-22(34)15-21(30-5)16-26-32-23(17-38-26)28(36)33-13-7-9-24(33)29(37)39-27/h6,8,10-11,14,17-18,20-22,24,27,30,34H,7,9,12-13,15-16H2,1-5H3,(H,31,35)/b8-6+,11-10+,19-14+/t20-,21+,22-,24-,27-/m1/s1. The number of rotatable bonds is 2. The molecule has 2 amide bonds. The number of fused-ring (bicyclic) bond motifs is 3. The summed E-state index contributed by atoms with van der Waals surface area (Å²) in [6, 6.07) is -0.853. The number of carbonyl (C=O) groups is 3. The molecule has 3 heterocycles. The van der Waals surface area contributed by atoms with Gasteiger partial charge in [-0.1, -0.05) is 50.6 Å². The zero-order valence-corrected chi connectivity index (χ0v) is 23.6. The lowest BCUT2D eigenvalue weighted by Gasteiger charge is -2.29. The Balaban J connectivity index is 1.87. The van der Waals surface area contributed by atoms with E-state index in [9.17, 15) is 19.5 Å². The minimum atomic E-state index is -0.714.